The molecule has 4 rings (SSSR count). The molecule has 1 aliphatic rings. The summed E-state index contributed by atoms with van der Waals surface area (Å²) < 4.78 is 2.03. The van der Waals surface area contributed by atoms with Crippen LogP contribution in [0.15, 0.2) is 47.5 Å². The van der Waals surface area contributed by atoms with E-state index in [9.17, 15) is 4.79 Å². The van der Waals surface area contributed by atoms with Crippen LogP contribution in [0.25, 0.3) is 11.0 Å². The minimum absolute atomic E-state index is 0.0700. The van der Waals surface area contributed by atoms with Crippen molar-refractivity contribution in [1.29, 1.82) is 0 Å². The van der Waals surface area contributed by atoms with Crippen LogP contribution in [0, 0.1) is 6.92 Å². The number of rotatable bonds is 3. The van der Waals surface area contributed by atoms with Gasteiger partial charge in [0.15, 0.2) is 5.43 Å². The number of fused-ring (bicyclic) bond motifs is 2. The number of hydrogen-bond donors (Lipinski definition) is 1. The topological polar surface area (TPSA) is 46.9 Å². The van der Waals surface area contributed by atoms with Crippen LogP contribution >= 0.6 is 0 Å². The predicted octanol–water partition coefficient (Wildman–Crippen LogP) is 3.30. The maximum Gasteiger partial charge on any atom is 0.193 e. The standard InChI is InChI=1S/C20H21N3O/c1-3-23-12-13(2)19(24)18-10-17(11-21-20(18)23)22-16-8-14-6-4-5-7-15(14)9-16/h4-7,10-12,16,22H,3,8-9H2,1-2H3. The van der Waals surface area contributed by atoms with Gasteiger partial charge >= 0.3 is 0 Å². The third-order valence-corrected chi connectivity index (χ3v) is 4.85. The summed E-state index contributed by atoms with van der Waals surface area (Å²) in [6.07, 6.45) is 5.76. The van der Waals surface area contributed by atoms with Gasteiger partial charge < -0.3 is 9.88 Å². The molecule has 0 atom stereocenters. The highest BCUT2D eigenvalue weighted by atomic mass is 16.1. The van der Waals surface area contributed by atoms with Crippen molar-refractivity contribution in [3.8, 4) is 0 Å². The van der Waals surface area contributed by atoms with Crippen molar-refractivity contribution in [2.24, 2.45) is 0 Å². The summed E-state index contributed by atoms with van der Waals surface area (Å²) in [5.74, 6) is 0. The summed E-state index contributed by atoms with van der Waals surface area (Å²) >= 11 is 0. The molecule has 0 radical (unpaired) electrons. The molecule has 24 heavy (non-hydrogen) atoms. The molecule has 1 aromatic carbocycles. The Balaban J connectivity index is 1.67. The van der Waals surface area contributed by atoms with Crippen molar-refractivity contribution in [3.05, 3.63) is 69.6 Å². The number of aromatic nitrogens is 2. The zero-order valence-electron chi connectivity index (χ0n) is 14.0. The fourth-order valence-corrected chi connectivity index (χ4v) is 3.64. The number of pyridine rings is 2. The van der Waals surface area contributed by atoms with E-state index >= 15 is 0 Å². The van der Waals surface area contributed by atoms with Crippen molar-refractivity contribution in [2.45, 2.75) is 39.3 Å². The number of aryl methyl sites for hydroxylation is 2. The molecule has 2 heterocycles. The quantitative estimate of drug-likeness (QED) is 0.806. The fourth-order valence-electron chi connectivity index (χ4n) is 3.64. The summed E-state index contributed by atoms with van der Waals surface area (Å²) in [7, 11) is 0. The van der Waals surface area contributed by atoms with E-state index in [2.05, 4.69) is 41.5 Å². The van der Waals surface area contributed by atoms with Crippen molar-refractivity contribution < 1.29 is 0 Å². The Kier molecular flexibility index (Phi) is 3.60. The fraction of sp³-hybridized carbons (Fsp3) is 0.300. The molecule has 0 aliphatic heterocycles. The lowest BCUT2D eigenvalue weighted by Crippen LogP contribution is -2.20. The molecular formula is C20H21N3O. The van der Waals surface area contributed by atoms with Gasteiger partial charge in [-0.05, 0) is 43.9 Å². The Morgan fingerprint density at radius 2 is 1.96 bits per heavy atom. The van der Waals surface area contributed by atoms with Crippen LogP contribution in [-0.2, 0) is 19.4 Å². The second-order valence-electron chi connectivity index (χ2n) is 6.54. The zero-order chi connectivity index (χ0) is 16.7. The predicted molar refractivity (Wildman–Crippen MR) is 97.7 cm³/mol. The molecule has 2 aromatic heterocycles. The van der Waals surface area contributed by atoms with Gasteiger partial charge in [-0.25, -0.2) is 4.98 Å². The third kappa shape index (κ3) is 2.48. The highest BCUT2D eigenvalue weighted by Crippen LogP contribution is 2.25. The average molecular weight is 319 g/mol. The van der Waals surface area contributed by atoms with Crippen LogP contribution in [0.3, 0.4) is 0 Å². The maximum absolute atomic E-state index is 12.5. The second kappa shape index (κ2) is 5.78. The minimum Gasteiger partial charge on any atom is -0.380 e. The van der Waals surface area contributed by atoms with E-state index in [1.807, 2.05) is 30.0 Å². The van der Waals surface area contributed by atoms with Crippen LogP contribution in [-0.4, -0.2) is 15.6 Å². The Morgan fingerprint density at radius 1 is 1.25 bits per heavy atom. The first kappa shape index (κ1) is 14.9. The molecule has 0 saturated heterocycles. The van der Waals surface area contributed by atoms with Crippen LogP contribution in [0.1, 0.15) is 23.6 Å². The number of nitrogens with one attached hydrogen (secondary N) is 1. The Labute approximate surface area is 141 Å². The summed E-state index contributed by atoms with van der Waals surface area (Å²) in [5.41, 5.74) is 5.33. The van der Waals surface area contributed by atoms with Crippen molar-refractivity contribution in [2.75, 3.05) is 5.32 Å². The SMILES string of the molecule is CCn1cc(C)c(=O)c2cc(NC3Cc4ccccc4C3)cnc21. The molecule has 0 fully saturated rings. The van der Waals surface area contributed by atoms with Crippen molar-refractivity contribution in [3.63, 3.8) is 0 Å². The first-order valence-electron chi connectivity index (χ1n) is 8.49. The normalized spacial score (nSPS) is 14.1. The molecule has 0 amide bonds. The number of hydrogen-bond acceptors (Lipinski definition) is 3. The largest absolute Gasteiger partial charge is 0.380 e. The maximum atomic E-state index is 12.5. The van der Waals surface area contributed by atoms with Gasteiger partial charge in [0.1, 0.15) is 5.65 Å². The highest BCUT2D eigenvalue weighted by Gasteiger charge is 2.21. The molecular weight excluding hydrogens is 298 g/mol. The monoisotopic (exact) mass is 319 g/mol. The first-order valence-corrected chi connectivity index (χ1v) is 8.49. The molecule has 0 bridgehead atoms. The molecule has 122 valence electrons. The van der Waals surface area contributed by atoms with Crippen molar-refractivity contribution in [1.82, 2.24) is 9.55 Å². The Morgan fingerprint density at radius 3 is 2.62 bits per heavy atom. The van der Waals surface area contributed by atoms with Gasteiger partial charge in [-0.2, -0.15) is 0 Å². The van der Waals surface area contributed by atoms with Crippen LogP contribution in [0.2, 0.25) is 0 Å². The summed E-state index contributed by atoms with van der Waals surface area (Å²) in [4.78, 5) is 17.0. The average Bonchev–Trinajstić information content (AvgIpc) is 3.00. The van der Waals surface area contributed by atoms with Crippen molar-refractivity contribution >= 4 is 16.7 Å². The lowest BCUT2D eigenvalue weighted by molar-refractivity contribution is 0.766. The molecule has 1 aliphatic carbocycles. The van der Waals surface area contributed by atoms with E-state index in [1.165, 1.54) is 11.1 Å². The minimum atomic E-state index is 0.0700. The van der Waals surface area contributed by atoms with Gasteiger partial charge in [0.05, 0.1) is 17.3 Å². The van der Waals surface area contributed by atoms with Gasteiger partial charge in [0.2, 0.25) is 0 Å². The molecule has 1 N–H and O–H groups in total. The lowest BCUT2D eigenvalue weighted by atomic mass is 10.1. The molecule has 0 saturated carbocycles. The zero-order valence-corrected chi connectivity index (χ0v) is 14.0. The van der Waals surface area contributed by atoms with E-state index < -0.39 is 0 Å². The third-order valence-electron chi connectivity index (χ3n) is 4.85. The molecule has 0 unspecified atom stereocenters. The number of nitrogens with zero attached hydrogens (tertiary/aromatic N) is 2. The summed E-state index contributed by atoms with van der Waals surface area (Å²) in [6, 6.07) is 10.9. The van der Waals surface area contributed by atoms with Gasteiger partial charge in [-0.1, -0.05) is 24.3 Å². The molecule has 4 heteroatoms. The van der Waals surface area contributed by atoms with Crippen LogP contribution in [0.5, 0.6) is 0 Å². The summed E-state index contributed by atoms with van der Waals surface area (Å²) in [6.45, 7) is 4.73. The van der Waals surface area contributed by atoms with Gasteiger partial charge in [0, 0.05) is 24.3 Å². The lowest BCUT2D eigenvalue weighted by Gasteiger charge is -2.15. The molecule has 0 spiro atoms. The van der Waals surface area contributed by atoms with Gasteiger partial charge in [-0.15, -0.1) is 0 Å². The van der Waals surface area contributed by atoms with Crippen LogP contribution < -0.4 is 10.7 Å². The Bertz CT molecular complexity index is 949. The number of benzene rings is 1. The van der Waals surface area contributed by atoms with E-state index in [1.54, 1.807) is 0 Å². The van der Waals surface area contributed by atoms with Crippen LogP contribution in [0.4, 0.5) is 5.69 Å². The Hall–Kier alpha value is -2.62. The molecule has 4 nitrogen and oxygen atoms in total. The van der Waals surface area contributed by atoms with Gasteiger partial charge in [0.25, 0.3) is 0 Å². The first-order chi connectivity index (χ1) is 11.7. The van der Waals surface area contributed by atoms with E-state index in [4.69, 9.17) is 0 Å². The van der Waals surface area contributed by atoms with Gasteiger partial charge in [-0.3, -0.25) is 4.79 Å². The summed E-state index contributed by atoms with van der Waals surface area (Å²) in [5, 5.41) is 4.25. The second-order valence-corrected chi connectivity index (χ2v) is 6.54. The highest BCUT2D eigenvalue weighted by molar-refractivity contribution is 5.79. The smallest absolute Gasteiger partial charge is 0.193 e. The van der Waals surface area contributed by atoms with E-state index in [-0.39, 0.29) is 5.43 Å². The molecule has 3 aromatic rings. The number of anilines is 1. The van der Waals surface area contributed by atoms with E-state index in [0.29, 0.717) is 11.4 Å². The van der Waals surface area contributed by atoms with E-state index in [0.717, 1.165) is 36.3 Å².